The summed E-state index contributed by atoms with van der Waals surface area (Å²) in [7, 11) is 1.78. The van der Waals surface area contributed by atoms with Crippen LogP contribution in [-0.4, -0.2) is 38.5 Å². The van der Waals surface area contributed by atoms with Gasteiger partial charge in [-0.1, -0.05) is 45.4 Å². The normalized spacial score (nSPS) is 14.7. The van der Waals surface area contributed by atoms with E-state index in [1.807, 2.05) is 0 Å². The number of carbonyl (C=O) groups is 1. The average molecular weight is 310 g/mol. The predicted molar refractivity (Wildman–Crippen MR) is 93.1 cm³/mol. The van der Waals surface area contributed by atoms with Gasteiger partial charge in [-0.25, -0.2) is 0 Å². The van der Waals surface area contributed by atoms with Gasteiger partial charge in [0.05, 0.1) is 0 Å². The van der Waals surface area contributed by atoms with Crippen LogP contribution in [0.15, 0.2) is 4.99 Å². The monoisotopic (exact) mass is 310 g/mol. The van der Waals surface area contributed by atoms with Crippen LogP contribution in [0, 0.1) is 5.92 Å². The first-order valence-corrected chi connectivity index (χ1v) is 9.00. The first kappa shape index (κ1) is 18.8. The van der Waals surface area contributed by atoms with Gasteiger partial charge in [0.1, 0.15) is 0 Å². The Labute approximate surface area is 135 Å². The first-order valence-electron chi connectivity index (χ1n) is 9.00. The molecule has 0 aromatic heterocycles. The third-order valence-electron chi connectivity index (χ3n) is 3.96. The van der Waals surface area contributed by atoms with E-state index in [0.29, 0.717) is 6.54 Å². The number of carbonyl (C=O) groups excluding carboxylic acids is 1. The van der Waals surface area contributed by atoms with Crippen molar-refractivity contribution in [1.29, 1.82) is 0 Å². The molecule has 0 bridgehead atoms. The second-order valence-electron chi connectivity index (χ2n) is 6.11. The van der Waals surface area contributed by atoms with Crippen molar-refractivity contribution in [3.8, 4) is 0 Å². The fourth-order valence-corrected chi connectivity index (χ4v) is 2.37. The molecule has 22 heavy (non-hydrogen) atoms. The van der Waals surface area contributed by atoms with E-state index in [4.69, 9.17) is 0 Å². The summed E-state index contributed by atoms with van der Waals surface area (Å²) in [5.74, 6) is 1.31. The standard InChI is InChI=1S/C17H34N4O/c1-3-4-5-6-7-8-9-12-20-17(18-2)21-14-13-19-16(22)15-10-11-15/h15H,3-14H2,1-2H3,(H,19,22)(H2,18,20,21). The number of aliphatic imine (C=N–C) groups is 1. The van der Waals surface area contributed by atoms with Crippen molar-refractivity contribution < 1.29 is 4.79 Å². The zero-order valence-corrected chi connectivity index (χ0v) is 14.4. The summed E-state index contributed by atoms with van der Waals surface area (Å²) in [5.41, 5.74) is 0. The Morgan fingerprint density at radius 2 is 1.50 bits per heavy atom. The summed E-state index contributed by atoms with van der Waals surface area (Å²) >= 11 is 0. The molecule has 0 radical (unpaired) electrons. The molecule has 0 saturated heterocycles. The number of nitrogens with one attached hydrogen (secondary N) is 3. The molecule has 0 aromatic rings. The van der Waals surface area contributed by atoms with Crippen LogP contribution in [0.5, 0.6) is 0 Å². The van der Waals surface area contributed by atoms with E-state index in [2.05, 4.69) is 27.9 Å². The number of amides is 1. The van der Waals surface area contributed by atoms with Gasteiger partial charge in [-0.3, -0.25) is 9.79 Å². The van der Waals surface area contributed by atoms with E-state index in [0.717, 1.165) is 31.9 Å². The highest BCUT2D eigenvalue weighted by atomic mass is 16.2. The molecule has 1 rings (SSSR count). The number of unbranched alkanes of at least 4 members (excludes halogenated alkanes) is 6. The van der Waals surface area contributed by atoms with Gasteiger partial charge in [0.2, 0.25) is 5.91 Å². The third kappa shape index (κ3) is 9.64. The summed E-state index contributed by atoms with van der Waals surface area (Å²) in [6.07, 6.45) is 11.3. The van der Waals surface area contributed by atoms with Gasteiger partial charge in [0.15, 0.2) is 5.96 Å². The molecule has 1 aliphatic rings. The van der Waals surface area contributed by atoms with Crippen LogP contribution < -0.4 is 16.0 Å². The Balaban J connectivity index is 1.90. The molecule has 0 atom stereocenters. The average Bonchev–Trinajstić information content (AvgIpc) is 3.36. The van der Waals surface area contributed by atoms with Gasteiger partial charge in [-0.15, -0.1) is 0 Å². The van der Waals surface area contributed by atoms with Gasteiger partial charge >= 0.3 is 0 Å². The van der Waals surface area contributed by atoms with Crippen molar-refractivity contribution >= 4 is 11.9 Å². The van der Waals surface area contributed by atoms with Crippen LogP contribution >= 0.6 is 0 Å². The Morgan fingerprint density at radius 1 is 0.909 bits per heavy atom. The minimum atomic E-state index is 0.202. The molecular weight excluding hydrogens is 276 g/mol. The molecule has 3 N–H and O–H groups in total. The number of hydrogen-bond acceptors (Lipinski definition) is 2. The third-order valence-corrected chi connectivity index (χ3v) is 3.96. The molecule has 0 unspecified atom stereocenters. The summed E-state index contributed by atoms with van der Waals surface area (Å²) in [5, 5.41) is 9.49. The van der Waals surface area contributed by atoms with Crippen LogP contribution in [0.2, 0.25) is 0 Å². The van der Waals surface area contributed by atoms with E-state index in [-0.39, 0.29) is 11.8 Å². The smallest absolute Gasteiger partial charge is 0.223 e. The van der Waals surface area contributed by atoms with Crippen molar-refractivity contribution in [2.24, 2.45) is 10.9 Å². The van der Waals surface area contributed by atoms with E-state index in [1.165, 1.54) is 44.9 Å². The second-order valence-corrected chi connectivity index (χ2v) is 6.11. The maximum atomic E-state index is 11.5. The lowest BCUT2D eigenvalue weighted by atomic mass is 10.1. The summed E-state index contributed by atoms with van der Waals surface area (Å²) < 4.78 is 0. The molecule has 0 aromatic carbocycles. The van der Waals surface area contributed by atoms with Gasteiger partial charge in [0, 0.05) is 32.6 Å². The fourth-order valence-electron chi connectivity index (χ4n) is 2.37. The Bertz CT molecular complexity index is 327. The van der Waals surface area contributed by atoms with E-state index >= 15 is 0 Å². The lowest BCUT2D eigenvalue weighted by Gasteiger charge is -2.12. The molecule has 1 fully saturated rings. The maximum Gasteiger partial charge on any atom is 0.223 e. The summed E-state index contributed by atoms with van der Waals surface area (Å²) in [6.45, 7) is 4.59. The molecule has 5 nitrogen and oxygen atoms in total. The summed E-state index contributed by atoms with van der Waals surface area (Å²) in [4.78, 5) is 15.7. The van der Waals surface area contributed by atoms with Crippen molar-refractivity contribution in [3.05, 3.63) is 0 Å². The minimum absolute atomic E-state index is 0.202. The lowest BCUT2D eigenvalue weighted by molar-refractivity contribution is -0.122. The summed E-state index contributed by atoms with van der Waals surface area (Å²) in [6, 6.07) is 0. The fraction of sp³-hybridized carbons (Fsp3) is 0.882. The molecule has 0 aliphatic heterocycles. The number of guanidine groups is 1. The topological polar surface area (TPSA) is 65.5 Å². The van der Waals surface area contributed by atoms with Crippen LogP contribution in [0.3, 0.4) is 0 Å². The second kappa shape index (κ2) is 12.3. The highest BCUT2D eigenvalue weighted by Crippen LogP contribution is 2.28. The Morgan fingerprint density at radius 3 is 2.14 bits per heavy atom. The van der Waals surface area contributed by atoms with Crippen LogP contribution in [-0.2, 0) is 4.79 Å². The Kier molecular flexibility index (Phi) is 10.5. The molecule has 1 saturated carbocycles. The van der Waals surface area contributed by atoms with Gasteiger partial charge < -0.3 is 16.0 Å². The van der Waals surface area contributed by atoms with Gasteiger partial charge in [-0.2, -0.15) is 0 Å². The molecule has 0 spiro atoms. The molecule has 128 valence electrons. The number of nitrogens with zero attached hydrogens (tertiary/aromatic N) is 1. The van der Waals surface area contributed by atoms with Crippen LogP contribution in [0.4, 0.5) is 0 Å². The molecular formula is C17H34N4O. The maximum absolute atomic E-state index is 11.5. The van der Waals surface area contributed by atoms with Crippen LogP contribution in [0.25, 0.3) is 0 Å². The van der Waals surface area contributed by atoms with Crippen molar-refractivity contribution in [2.75, 3.05) is 26.7 Å². The number of rotatable bonds is 12. The zero-order chi connectivity index (χ0) is 16.0. The minimum Gasteiger partial charge on any atom is -0.356 e. The zero-order valence-electron chi connectivity index (χ0n) is 14.4. The van der Waals surface area contributed by atoms with Gasteiger partial charge in [-0.05, 0) is 19.3 Å². The lowest BCUT2D eigenvalue weighted by Crippen LogP contribution is -2.42. The van der Waals surface area contributed by atoms with Crippen molar-refractivity contribution in [2.45, 2.75) is 64.7 Å². The quantitative estimate of drug-likeness (QED) is 0.295. The molecule has 5 heteroatoms. The van der Waals surface area contributed by atoms with E-state index in [1.54, 1.807) is 7.05 Å². The molecule has 1 amide bonds. The van der Waals surface area contributed by atoms with Crippen molar-refractivity contribution in [1.82, 2.24) is 16.0 Å². The predicted octanol–water partition coefficient (Wildman–Crippen LogP) is 2.43. The van der Waals surface area contributed by atoms with Gasteiger partial charge in [0.25, 0.3) is 0 Å². The first-order chi connectivity index (χ1) is 10.8. The van der Waals surface area contributed by atoms with Crippen molar-refractivity contribution in [3.63, 3.8) is 0 Å². The van der Waals surface area contributed by atoms with E-state index < -0.39 is 0 Å². The SMILES string of the molecule is CCCCCCCCCNC(=NC)NCCNC(=O)C1CC1. The largest absolute Gasteiger partial charge is 0.356 e. The van der Waals surface area contributed by atoms with E-state index in [9.17, 15) is 4.79 Å². The van der Waals surface area contributed by atoms with Crippen LogP contribution in [0.1, 0.15) is 64.7 Å². The molecule has 1 aliphatic carbocycles. The highest BCUT2D eigenvalue weighted by molar-refractivity contribution is 5.81. The molecule has 0 heterocycles. The number of hydrogen-bond donors (Lipinski definition) is 3. The Hall–Kier alpha value is -1.26. The highest BCUT2D eigenvalue weighted by Gasteiger charge is 2.28.